The first kappa shape index (κ1) is 15.7. The van der Waals surface area contributed by atoms with Crippen LogP contribution in [-0.4, -0.2) is 31.4 Å². The van der Waals surface area contributed by atoms with E-state index < -0.39 is 0 Å². The number of nitrogens with one attached hydrogen (secondary N) is 1. The summed E-state index contributed by atoms with van der Waals surface area (Å²) in [6, 6.07) is 12.2. The van der Waals surface area contributed by atoms with Gasteiger partial charge in [-0.2, -0.15) is 0 Å². The first-order valence-electron chi connectivity index (χ1n) is 8.52. The maximum Gasteiger partial charge on any atom is 0.228 e. The van der Waals surface area contributed by atoms with E-state index in [9.17, 15) is 0 Å². The molecule has 1 atom stereocenters. The standard InChI is InChI=1S/C19H20N6/c1-2-9-21-18(5-1)24-19-22-12-8-16(23-19)17-4-3-13-25(17)14-15-6-10-20-11-7-15/h1-2,5-12,17H,3-4,13-14H2,(H,21,22,23,24)/t17-/m0/s1. The number of aromatic nitrogens is 4. The predicted octanol–water partition coefficient (Wildman–Crippen LogP) is 3.35. The highest BCUT2D eigenvalue weighted by Crippen LogP contribution is 2.32. The lowest BCUT2D eigenvalue weighted by Crippen LogP contribution is -2.23. The van der Waals surface area contributed by atoms with Crippen molar-refractivity contribution in [3.63, 3.8) is 0 Å². The summed E-state index contributed by atoms with van der Waals surface area (Å²) in [4.78, 5) is 19.9. The van der Waals surface area contributed by atoms with Gasteiger partial charge < -0.3 is 5.32 Å². The largest absolute Gasteiger partial charge is 0.309 e. The van der Waals surface area contributed by atoms with Crippen molar-refractivity contribution >= 4 is 11.8 Å². The van der Waals surface area contributed by atoms with Crippen LogP contribution in [0.4, 0.5) is 11.8 Å². The third-order valence-corrected chi connectivity index (χ3v) is 4.42. The number of nitrogens with zero attached hydrogens (tertiary/aromatic N) is 5. The summed E-state index contributed by atoms with van der Waals surface area (Å²) in [6.07, 6.45) is 9.56. The minimum atomic E-state index is 0.320. The molecule has 25 heavy (non-hydrogen) atoms. The zero-order valence-corrected chi connectivity index (χ0v) is 13.9. The van der Waals surface area contributed by atoms with Crippen LogP contribution in [0.3, 0.4) is 0 Å². The van der Waals surface area contributed by atoms with Crippen LogP contribution in [0.25, 0.3) is 0 Å². The van der Waals surface area contributed by atoms with Crippen LogP contribution < -0.4 is 5.32 Å². The van der Waals surface area contributed by atoms with E-state index in [1.54, 1.807) is 6.20 Å². The Balaban J connectivity index is 1.51. The Morgan fingerprint density at radius 1 is 1.00 bits per heavy atom. The van der Waals surface area contributed by atoms with Gasteiger partial charge in [0, 0.05) is 31.3 Å². The monoisotopic (exact) mass is 332 g/mol. The molecule has 0 amide bonds. The minimum Gasteiger partial charge on any atom is -0.309 e. The fourth-order valence-corrected chi connectivity index (χ4v) is 3.24. The summed E-state index contributed by atoms with van der Waals surface area (Å²) >= 11 is 0. The van der Waals surface area contributed by atoms with E-state index in [2.05, 4.69) is 37.3 Å². The first-order chi connectivity index (χ1) is 12.4. The summed E-state index contributed by atoms with van der Waals surface area (Å²) in [5.41, 5.74) is 2.34. The maximum atomic E-state index is 4.73. The molecule has 6 heteroatoms. The van der Waals surface area contributed by atoms with Crippen molar-refractivity contribution in [1.29, 1.82) is 0 Å². The van der Waals surface area contributed by atoms with E-state index in [1.165, 1.54) is 12.0 Å². The minimum absolute atomic E-state index is 0.320. The Hall–Kier alpha value is -2.86. The highest BCUT2D eigenvalue weighted by molar-refractivity contribution is 5.46. The van der Waals surface area contributed by atoms with Gasteiger partial charge >= 0.3 is 0 Å². The van der Waals surface area contributed by atoms with Gasteiger partial charge in [-0.25, -0.2) is 15.0 Å². The fourth-order valence-electron chi connectivity index (χ4n) is 3.24. The molecule has 4 heterocycles. The van der Waals surface area contributed by atoms with E-state index in [1.807, 2.05) is 42.9 Å². The Kier molecular flexibility index (Phi) is 4.61. The average Bonchev–Trinajstić information content (AvgIpc) is 3.12. The van der Waals surface area contributed by atoms with Crippen molar-refractivity contribution in [1.82, 2.24) is 24.8 Å². The Bertz CT molecular complexity index is 808. The van der Waals surface area contributed by atoms with Crippen molar-refractivity contribution < 1.29 is 0 Å². The number of pyridine rings is 2. The van der Waals surface area contributed by atoms with Gasteiger partial charge in [-0.05, 0) is 55.3 Å². The van der Waals surface area contributed by atoms with Crippen LogP contribution in [0.2, 0.25) is 0 Å². The number of rotatable bonds is 5. The molecule has 0 aromatic carbocycles. The SMILES string of the molecule is c1ccc(Nc2nccc([C@@H]3CCCN3Cc3ccncc3)n2)nc1. The molecular formula is C19H20N6. The summed E-state index contributed by atoms with van der Waals surface area (Å²) in [5.74, 6) is 1.34. The van der Waals surface area contributed by atoms with Crippen LogP contribution in [0, 0.1) is 0 Å². The molecule has 6 nitrogen and oxygen atoms in total. The summed E-state index contributed by atoms with van der Waals surface area (Å²) in [5, 5.41) is 3.17. The summed E-state index contributed by atoms with van der Waals surface area (Å²) in [6.45, 7) is 2.00. The van der Waals surface area contributed by atoms with E-state index in [0.717, 1.165) is 31.0 Å². The van der Waals surface area contributed by atoms with E-state index in [4.69, 9.17) is 4.98 Å². The molecular weight excluding hydrogens is 312 g/mol. The number of likely N-dealkylation sites (tertiary alicyclic amines) is 1. The van der Waals surface area contributed by atoms with Crippen molar-refractivity contribution in [3.8, 4) is 0 Å². The fraction of sp³-hybridized carbons (Fsp3) is 0.263. The zero-order valence-electron chi connectivity index (χ0n) is 13.9. The second kappa shape index (κ2) is 7.36. The lowest BCUT2D eigenvalue weighted by molar-refractivity contribution is 0.244. The van der Waals surface area contributed by atoms with Crippen molar-refractivity contribution in [2.75, 3.05) is 11.9 Å². The van der Waals surface area contributed by atoms with Gasteiger partial charge in [0.1, 0.15) is 5.82 Å². The van der Waals surface area contributed by atoms with Crippen LogP contribution in [0.1, 0.15) is 30.1 Å². The smallest absolute Gasteiger partial charge is 0.228 e. The molecule has 1 aliphatic heterocycles. The highest BCUT2D eigenvalue weighted by atomic mass is 15.2. The highest BCUT2D eigenvalue weighted by Gasteiger charge is 2.27. The molecule has 1 aliphatic rings. The lowest BCUT2D eigenvalue weighted by atomic mass is 10.1. The molecule has 4 rings (SSSR count). The molecule has 1 N–H and O–H groups in total. The third kappa shape index (κ3) is 3.80. The van der Waals surface area contributed by atoms with Crippen LogP contribution in [0.5, 0.6) is 0 Å². The van der Waals surface area contributed by atoms with E-state index in [-0.39, 0.29) is 0 Å². The molecule has 3 aromatic rings. The topological polar surface area (TPSA) is 66.8 Å². The van der Waals surface area contributed by atoms with Gasteiger partial charge in [0.25, 0.3) is 0 Å². The van der Waals surface area contributed by atoms with E-state index in [0.29, 0.717) is 12.0 Å². The second-order valence-electron chi connectivity index (χ2n) is 6.13. The second-order valence-corrected chi connectivity index (χ2v) is 6.13. The number of hydrogen-bond donors (Lipinski definition) is 1. The molecule has 126 valence electrons. The normalized spacial score (nSPS) is 17.5. The van der Waals surface area contributed by atoms with Gasteiger partial charge in [-0.15, -0.1) is 0 Å². The molecule has 0 aliphatic carbocycles. The average molecular weight is 332 g/mol. The molecule has 0 saturated carbocycles. The Morgan fingerprint density at radius 2 is 1.92 bits per heavy atom. The van der Waals surface area contributed by atoms with Gasteiger partial charge in [0.2, 0.25) is 5.95 Å². The molecule has 1 saturated heterocycles. The number of hydrogen-bond acceptors (Lipinski definition) is 6. The Morgan fingerprint density at radius 3 is 2.76 bits per heavy atom. The lowest BCUT2D eigenvalue weighted by Gasteiger charge is -2.24. The van der Waals surface area contributed by atoms with Gasteiger partial charge in [-0.1, -0.05) is 6.07 Å². The molecule has 0 radical (unpaired) electrons. The van der Waals surface area contributed by atoms with Crippen LogP contribution >= 0.6 is 0 Å². The maximum absolute atomic E-state index is 4.73. The van der Waals surface area contributed by atoms with Gasteiger partial charge in [0.15, 0.2) is 0 Å². The van der Waals surface area contributed by atoms with Crippen LogP contribution in [-0.2, 0) is 6.54 Å². The van der Waals surface area contributed by atoms with Crippen molar-refractivity contribution in [3.05, 3.63) is 72.4 Å². The third-order valence-electron chi connectivity index (χ3n) is 4.42. The van der Waals surface area contributed by atoms with E-state index >= 15 is 0 Å². The van der Waals surface area contributed by atoms with Gasteiger partial charge in [-0.3, -0.25) is 9.88 Å². The zero-order chi connectivity index (χ0) is 16.9. The predicted molar refractivity (Wildman–Crippen MR) is 96.2 cm³/mol. The molecule has 0 spiro atoms. The Labute approximate surface area is 147 Å². The van der Waals surface area contributed by atoms with Crippen molar-refractivity contribution in [2.24, 2.45) is 0 Å². The molecule has 1 fully saturated rings. The summed E-state index contributed by atoms with van der Waals surface area (Å²) in [7, 11) is 0. The van der Waals surface area contributed by atoms with Crippen LogP contribution in [0.15, 0.2) is 61.2 Å². The molecule has 3 aromatic heterocycles. The molecule has 0 unspecified atom stereocenters. The number of anilines is 2. The quantitative estimate of drug-likeness (QED) is 0.773. The summed E-state index contributed by atoms with van der Waals surface area (Å²) < 4.78 is 0. The first-order valence-corrected chi connectivity index (χ1v) is 8.52. The molecule has 0 bridgehead atoms. The van der Waals surface area contributed by atoms with Crippen molar-refractivity contribution in [2.45, 2.75) is 25.4 Å². The van der Waals surface area contributed by atoms with Gasteiger partial charge in [0.05, 0.1) is 11.7 Å².